The zero-order valence-electron chi connectivity index (χ0n) is 12.1. The van der Waals surface area contributed by atoms with E-state index < -0.39 is 0 Å². The summed E-state index contributed by atoms with van der Waals surface area (Å²) in [5, 5.41) is 2.70. The van der Waals surface area contributed by atoms with Crippen LogP contribution in [0, 0.1) is 0 Å². The quantitative estimate of drug-likeness (QED) is 0.683. The minimum Gasteiger partial charge on any atom is -0.353 e. The number of hydrogen-bond acceptors (Lipinski definition) is 4. The van der Waals surface area contributed by atoms with Crippen molar-refractivity contribution in [1.29, 1.82) is 0 Å². The van der Waals surface area contributed by atoms with Crippen molar-refractivity contribution in [2.45, 2.75) is 18.9 Å². The van der Waals surface area contributed by atoms with E-state index in [1.165, 1.54) is 0 Å². The van der Waals surface area contributed by atoms with Crippen LogP contribution in [0.3, 0.4) is 0 Å². The molecule has 7 nitrogen and oxygen atoms in total. The highest BCUT2D eigenvalue weighted by Gasteiger charge is 2.34. The summed E-state index contributed by atoms with van der Waals surface area (Å²) in [5.41, 5.74) is 0. The first-order valence-electron chi connectivity index (χ1n) is 6.98. The fourth-order valence-corrected chi connectivity index (χ4v) is 2.72. The average Bonchev–Trinajstić information content (AvgIpc) is 2.85. The van der Waals surface area contributed by atoms with E-state index in [0.717, 1.165) is 19.4 Å². The van der Waals surface area contributed by atoms with E-state index in [-0.39, 0.29) is 36.9 Å². The molecule has 2 saturated heterocycles. The van der Waals surface area contributed by atoms with Crippen molar-refractivity contribution >= 4 is 17.7 Å². The topological polar surface area (TPSA) is 73.0 Å². The SMILES string of the molecule is CN(C)C(=O)C1CCCN1CC(=O)N1CCNC(=O)C1. The fraction of sp³-hybridized carbons (Fsp3) is 0.769. The molecule has 2 heterocycles. The zero-order chi connectivity index (χ0) is 14.7. The molecule has 0 spiro atoms. The zero-order valence-corrected chi connectivity index (χ0v) is 12.1. The Kier molecular flexibility index (Phi) is 4.59. The van der Waals surface area contributed by atoms with Crippen molar-refractivity contribution in [3.8, 4) is 0 Å². The first-order valence-corrected chi connectivity index (χ1v) is 6.98. The van der Waals surface area contributed by atoms with Gasteiger partial charge in [0.2, 0.25) is 17.7 Å². The number of nitrogens with one attached hydrogen (secondary N) is 1. The molecule has 2 fully saturated rings. The van der Waals surface area contributed by atoms with Crippen LogP contribution < -0.4 is 5.32 Å². The normalized spacial score (nSPS) is 23.6. The van der Waals surface area contributed by atoms with Crippen molar-refractivity contribution in [3.05, 3.63) is 0 Å². The molecule has 0 aromatic rings. The van der Waals surface area contributed by atoms with Crippen LogP contribution in [0.4, 0.5) is 0 Å². The summed E-state index contributed by atoms with van der Waals surface area (Å²) >= 11 is 0. The summed E-state index contributed by atoms with van der Waals surface area (Å²) in [6.07, 6.45) is 1.72. The van der Waals surface area contributed by atoms with E-state index in [2.05, 4.69) is 5.32 Å². The highest BCUT2D eigenvalue weighted by atomic mass is 16.2. The molecule has 7 heteroatoms. The summed E-state index contributed by atoms with van der Waals surface area (Å²) in [7, 11) is 3.46. The number of carbonyl (C=O) groups excluding carboxylic acids is 3. The van der Waals surface area contributed by atoms with Gasteiger partial charge in [-0.3, -0.25) is 19.3 Å². The van der Waals surface area contributed by atoms with Crippen LogP contribution in [0.1, 0.15) is 12.8 Å². The molecule has 20 heavy (non-hydrogen) atoms. The largest absolute Gasteiger partial charge is 0.353 e. The molecule has 0 aromatic carbocycles. The van der Waals surface area contributed by atoms with Crippen LogP contribution in [0.15, 0.2) is 0 Å². The third-order valence-electron chi connectivity index (χ3n) is 3.82. The van der Waals surface area contributed by atoms with Gasteiger partial charge in [-0.25, -0.2) is 0 Å². The Labute approximate surface area is 118 Å². The molecular formula is C13H22N4O3. The van der Waals surface area contributed by atoms with Crippen molar-refractivity contribution in [3.63, 3.8) is 0 Å². The smallest absolute Gasteiger partial charge is 0.239 e. The van der Waals surface area contributed by atoms with Crippen molar-refractivity contribution in [1.82, 2.24) is 20.0 Å². The Morgan fingerprint density at radius 3 is 2.75 bits per heavy atom. The number of piperazine rings is 1. The van der Waals surface area contributed by atoms with E-state index in [1.54, 1.807) is 23.9 Å². The summed E-state index contributed by atoms with van der Waals surface area (Å²) in [5.74, 6) is -0.142. The van der Waals surface area contributed by atoms with Crippen molar-refractivity contribution < 1.29 is 14.4 Å². The number of amides is 3. The molecule has 112 valence electrons. The highest BCUT2D eigenvalue weighted by molar-refractivity contribution is 5.87. The summed E-state index contributed by atoms with van der Waals surface area (Å²) < 4.78 is 0. The Morgan fingerprint density at radius 1 is 1.35 bits per heavy atom. The molecule has 1 unspecified atom stereocenters. The molecule has 0 saturated carbocycles. The Morgan fingerprint density at radius 2 is 2.10 bits per heavy atom. The maximum Gasteiger partial charge on any atom is 0.239 e. The molecule has 2 rings (SSSR count). The summed E-state index contributed by atoms with van der Waals surface area (Å²) in [4.78, 5) is 40.6. The third-order valence-corrected chi connectivity index (χ3v) is 3.82. The van der Waals surface area contributed by atoms with Gasteiger partial charge >= 0.3 is 0 Å². The lowest BCUT2D eigenvalue weighted by Crippen LogP contribution is -2.53. The summed E-state index contributed by atoms with van der Waals surface area (Å²) in [6.45, 7) is 2.15. The van der Waals surface area contributed by atoms with E-state index in [4.69, 9.17) is 0 Å². The molecule has 2 aliphatic heterocycles. The predicted octanol–water partition coefficient (Wildman–Crippen LogP) is -1.50. The van der Waals surface area contributed by atoms with Crippen LogP contribution in [0.2, 0.25) is 0 Å². The fourth-order valence-electron chi connectivity index (χ4n) is 2.72. The Bertz CT molecular complexity index is 410. The molecule has 1 atom stereocenters. The van der Waals surface area contributed by atoms with Crippen LogP contribution in [-0.2, 0) is 14.4 Å². The lowest BCUT2D eigenvalue weighted by molar-refractivity contribution is -0.141. The van der Waals surface area contributed by atoms with Gasteiger partial charge in [0.05, 0.1) is 19.1 Å². The van der Waals surface area contributed by atoms with Crippen molar-refractivity contribution in [2.75, 3.05) is 46.8 Å². The van der Waals surface area contributed by atoms with Crippen molar-refractivity contribution in [2.24, 2.45) is 0 Å². The van der Waals surface area contributed by atoms with E-state index in [0.29, 0.717) is 13.1 Å². The highest BCUT2D eigenvalue weighted by Crippen LogP contribution is 2.18. The number of carbonyl (C=O) groups is 3. The number of likely N-dealkylation sites (N-methyl/N-ethyl adjacent to an activating group) is 1. The van der Waals surface area contributed by atoms with Gasteiger partial charge in [-0.15, -0.1) is 0 Å². The monoisotopic (exact) mass is 282 g/mol. The average molecular weight is 282 g/mol. The van der Waals surface area contributed by atoms with E-state index in [1.807, 2.05) is 4.90 Å². The van der Waals surface area contributed by atoms with Gasteiger partial charge in [-0.1, -0.05) is 0 Å². The Balaban J connectivity index is 1.92. The molecule has 0 aliphatic carbocycles. The van der Waals surface area contributed by atoms with Gasteiger partial charge in [0.15, 0.2) is 0 Å². The standard InChI is InChI=1S/C13H22N4O3/c1-15(2)13(20)10-4-3-6-16(10)9-12(19)17-7-5-14-11(18)8-17/h10H,3-9H2,1-2H3,(H,14,18). The molecule has 1 N–H and O–H groups in total. The first kappa shape index (κ1) is 14.8. The minimum absolute atomic E-state index is 0.0479. The minimum atomic E-state index is -0.201. The van der Waals surface area contributed by atoms with E-state index in [9.17, 15) is 14.4 Å². The molecule has 0 radical (unpaired) electrons. The second-order valence-electron chi connectivity index (χ2n) is 5.53. The third kappa shape index (κ3) is 3.27. The molecule has 0 bridgehead atoms. The maximum atomic E-state index is 12.2. The lowest BCUT2D eigenvalue weighted by Gasteiger charge is -2.30. The number of nitrogens with zero attached hydrogens (tertiary/aromatic N) is 3. The molecule has 3 amide bonds. The number of rotatable bonds is 3. The first-order chi connectivity index (χ1) is 9.49. The van der Waals surface area contributed by atoms with Gasteiger partial charge in [0.1, 0.15) is 0 Å². The molecule has 0 aromatic heterocycles. The van der Waals surface area contributed by atoms with Gasteiger partial charge < -0.3 is 15.1 Å². The van der Waals surface area contributed by atoms with Gasteiger partial charge in [-0.05, 0) is 19.4 Å². The second-order valence-corrected chi connectivity index (χ2v) is 5.53. The second kappa shape index (κ2) is 6.21. The molecular weight excluding hydrogens is 260 g/mol. The Hall–Kier alpha value is -1.63. The van der Waals surface area contributed by atoms with E-state index >= 15 is 0 Å². The number of likely N-dealkylation sites (tertiary alicyclic amines) is 1. The lowest BCUT2D eigenvalue weighted by atomic mass is 10.2. The molecule has 2 aliphatic rings. The number of hydrogen-bond donors (Lipinski definition) is 1. The predicted molar refractivity (Wildman–Crippen MR) is 72.9 cm³/mol. The van der Waals surface area contributed by atoms with Gasteiger partial charge in [0.25, 0.3) is 0 Å². The van der Waals surface area contributed by atoms with Crippen LogP contribution in [-0.4, -0.2) is 85.3 Å². The van der Waals surface area contributed by atoms with Crippen LogP contribution in [0.5, 0.6) is 0 Å². The van der Waals surface area contributed by atoms with Gasteiger partial charge in [-0.2, -0.15) is 0 Å². The van der Waals surface area contributed by atoms with Crippen LogP contribution >= 0.6 is 0 Å². The van der Waals surface area contributed by atoms with Gasteiger partial charge in [0, 0.05) is 27.2 Å². The van der Waals surface area contributed by atoms with Crippen LogP contribution in [0.25, 0.3) is 0 Å². The maximum absolute atomic E-state index is 12.2. The summed E-state index contributed by atoms with van der Waals surface area (Å²) in [6, 6.07) is -0.201.